The molecule has 0 saturated carbocycles. The molecule has 0 radical (unpaired) electrons. The van der Waals surface area contributed by atoms with Crippen LogP contribution in [-0.4, -0.2) is 67.1 Å². The Kier molecular flexibility index (Phi) is 7.91. The van der Waals surface area contributed by atoms with Gasteiger partial charge in [-0.1, -0.05) is 6.92 Å². The fourth-order valence-corrected chi connectivity index (χ4v) is 4.33. The van der Waals surface area contributed by atoms with E-state index in [4.69, 9.17) is 24.5 Å². The van der Waals surface area contributed by atoms with E-state index in [-0.39, 0.29) is 18.3 Å². The van der Waals surface area contributed by atoms with Crippen molar-refractivity contribution >= 4 is 37.6 Å². The number of nitrogens with two attached hydrogens (primary N) is 1. The molecule has 0 saturated heterocycles. The largest absolute Gasteiger partial charge is 0.493 e. The van der Waals surface area contributed by atoms with Crippen LogP contribution in [0.25, 0.3) is 32.9 Å². The number of pyridine rings is 3. The van der Waals surface area contributed by atoms with Crippen LogP contribution >= 0.6 is 0 Å². The molecule has 11 nitrogen and oxygen atoms in total. The summed E-state index contributed by atoms with van der Waals surface area (Å²) in [5.74, 6) is 1.65. The normalized spacial score (nSPS) is 12.5. The van der Waals surface area contributed by atoms with Crippen LogP contribution in [0.1, 0.15) is 13.3 Å². The molecule has 1 aromatic carbocycles. The summed E-state index contributed by atoms with van der Waals surface area (Å²) in [6.45, 7) is 2.37. The summed E-state index contributed by atoms with van der Waals surface area (Å²) in [4.78, 5) is 13.4. The molecule has 0 aliphatic rings. The zero-order valence-corrected chi connectivity index (χ0v) is 21.6. The third-order valence-electron chi connectivity index (χ3n) is 5.96. The Morgan fingerprint density at radius 1 is 1.03 bits per heavy atom. The Bertz CT molecular complexity index is 1530. The number of nitrogens with one attached hydrogen (secondary N) is 1. The molecule has 196 valence electrons. The highest BCUT2D eigenvalue weighted by molar-refractivity contribution is 7.85. The van der Waals surface area contributed by atoms with Crippen molar-refractivity contribution in [2.45, 2.75) is 19.4 Å². The quantitative estimate of drug-likeness (QED) is 0.194. The summed E-state index contributed by atoms with van der Waals surface area (Å²) in [6.07, 6.45) is 5.66. The SMILES string of the molecule is CCC(COc1cncc(-c2cc3c(cnc4cc(OC)c(OC)cc43)c(N)n2)c1)NCCS(=O)(=O)O. The highest BCUT2D eigenvalue weighted by Crippen LogP contribution is 2.37. The molecule has 12 heteroatoms. The van der Waals surface area contributed by atoms with Crippen LogP contribution in [0.15, 0.2) is 42.9 Å². The molecule has 3 aromatic heterocycles. The van der Waals surface area contributed by atoms with E-state index >= 15 is 0 Å². The highest BCUT2D eigenvalue weighted by Gasteiger charge is 2.15. The molecule has 0 fully saturated rings. The molecule has 4 N–H and O–H groups in total. The number of hydrogen-bond donors (Lipinski definition) is 3. The van der Waals surface area contributed by atoms with Crippen molar-refractivity contribution in [1.82, 2.24) is 20.3 Å². The molecule has 0 aliphatic carbocycles. The summed E-state index contributed by atoms with van der Waals surface area (Å²) in [5, 5.41) is 5.48. The minimum atomic E-state index is -4.02. The van der Waals surface area contributed by atoms with Crippen LogP contribution in [0.5, 0.6) is 17.2 Å². The molecule has 1 atom stereocenters. The second-order valence-electron chi connectivity index (χ2n) is 8.40. The van der Waals surface area contributed by atoms with E-state index in [0.29, 0.717) is 52.7 Å². The van der Waals surface area contributed by atoms with Gasteiger partial charge in [-0.25, -0.2) is 4.98 Å². The van der Waals surface area contributed by atoms with Crippen molar-refractivity contribution < 1.29 is 27.2 Å². The lowest BCUT2D eigenvalue weighted by Gasteiger charge is -2.17. The van der Waals surface area contributed by atoms with Crippen LogP contribution in [0.4, 0.5) is 5.82 Å². The van der Waals surface area contributed by atoms with Crippen molar-refractivity contribution in [3.63, 3.8) is 0 Å². The van der Waals surface area contributed by atoms with Crippen molar-refractivity contribution in [2.24, 2.45) is 0 Å². The second-order valence-corrected chi connectivity index (χ2v) is 9.97. The minimum absolute atomic E-state index is 0.106. The highest BCUT2D eigenvalue weighted by atomic mass is 32.2. The Labute approximate surface area is 214 Å². The van der Waals surface area contributed by atoms with Gasteiger partial charge in [-0.15, -0.1) is 0 Å². The van der Waals surface area contributed by atoms with Gasteiger partial charge in [0.1, 0.15) is 18.2 Å². The van der Waals surface area contributed by atoms with Crippen LogP contribution in [-0.2, 0) is 10.1 Å². The summed E-state index contributed by atoms with van der Waals surface area (Å²) >= 11 is 0. The number of aromatic nitrogens is 3. The van der Waals surface area contributed by atoms with Gasteiger partial charge in [0.15, 0.2) is 11.5 Å². The van der Waals surface area contributed by atoms with E-state index in [0.717, 1.165) is 16.3 Å². The van der Waals surface area contributed by atoms with E-state index in [2.05, 4.69) is 20.3 Å². The fourth-order valence-electron chi connectivity index (χ4n) is 3.95. The summed E-state index contributed by atoms with van der Waals surface area (Å²) in [6, 6.07) is 7.32. The average Bonchev–Trinajstić information content (AvgIpc) is 2.89. The molecule has 1 unspecified atom stereocenters. The van der Waals surface area contributed by atoms with Gasteiger partial charge < -0.3 is 25.3 Å². The lowest BCUT2D eigenvalue weighted by atomic mass is 10.0. The molecule has 0 bridgehead atoms. The zero-order chi connectivity index (χ0) is 26.6. The first-order chi connectivity index (χ1) is 17.7. The first-order valence-electron chi connectivity index (χ1n) is 11.6. The van der Waals surface area contributed by atoms with Crippen molar-refractivity contribution in [2.75, 3.05) is 38.9 Å². The van der Waals surface area contributed by atoms with Gasteiger partial charge in [0.2, 0.25) is 0 Å². The Hall–Kier alpha value is -3.74. The van der Waals surface area contributed by atoms with E-state index in [1.165, 1.54) is 0 Å². The topological polar surface area (TPSA) is 159 Å². The van der Waals surface area contributed by atoms with Crippen molar-refractivity contribution in [1.29, 1.82) is 0 Å². The Morgan fingerprint density at radius 2 is 1.78 bits per heavy atom. The van der Waals surface area contributed by atoms with Crippen LogP contribution in [0.2, 0.25) is 0 Å². The average molecular weight is 528 g/mol. The third kappa shape index (κ3) is 6.16. The maximum absolute atomic E-state index is 10.9. The van der Waals surface area contributed by atoms with Gasteiger partial charge in [-0.05, 0) is 30.0 Å². The van der Waals surface area contributed by atoms with E-state index < -0.39 is 10.1 Å². The number of methoxy groups -OCH3 is 2. The minimum Gasteiger partial charge on any atom is -0.493 e. The Morgan fingerprint density at radius 3 is 2.49 bits per heavy atom. The van der Waals surface area contributed by atoms with E-state index in [1.807, 2.05) is 31.2 Å². The van der Waals surface area contributed by atoms with Gasteiger partial charge >= 0.3 is 0 Å². The smallest absolute Gasteiger partial charge is 0.266 e. The van der Waals surface area contributed by atoms with E-state index in [1.54, 1.807) is 32.8 Å². The van der Waals surface area contributed by atoms with Gasteiger partial charge in [0.05, 0.1) is 37.4 Å². The fraction of sp³-hybridized carbons (Fsp3) is 0.320. The predicted octanol–water partition coefficient (Wildman–Crippen LogP) is 3.08. The second kappa shape index (κ2) is 11.1. The molecule has 0 spiro atoms. The lowest BCUT2D eigenvalue weighted by Crippen LogP contribution is -2.37. The molecule has 0 aliphatic heterocycles. The monoisotopic (exact) mass is 527 g/mol. The standard InChI is InChI=1S/C25H29N5O6S/c1-4-16(28-5-6-37(31,32)33)14-36-17-7-15(11-27-12-17)21-8-18-19-9-23(34-2)24(35-3)10-22(19)29-13-20(18)25(26)30-21/h7-13,16,28H,4-6,14H2,1-3H3,(H2,26,30)(H,31,32,33). The summed E-state index contributed by atoms with van der Waals surface area (Å²) in [7, 11) is -0.868. The molecular weight excluding hydrogens is 498 g/mol. The van der Waals surface area contributed by atoms with E-state index in [9.17, 15) is 8.42 Å². The number of benzene rings is 1. The number of fused-ring (bicyclic) bond motifs is 3. The lowest BCUT2D eigenvalue weighted by molar-refractivity contribution is 0.261. The number of rotatable bonds is 11. The van der Waals surface area contributed by atoms with Crippen molar-refractivity contribution in [3.05, 3.63) is 42.9 Å². The molecule has 4 rings (SSSR count). The molecule has 3 heterocycles. The van der Waals surface area contributed by atoms with Gasteiger partial charge in [0, 0.05) is 47.4 Å². The molecule has 37 heavy (non-hydrogen) atoms. The van der Waals surface area contributed by atoms with Gasteiger partial charge in [-0.3, -0.25) is 14.5 Å². The molecule has 4 aromatic rings. The number of nitrogen functional groups attached to an aromatic ring is 1. The molecule has 0 amide bonds. The number of hydrogen-bond acceptors (Lipinski definition) is 10. The van der Waals surface area contributed by atoms with Crippen LogP contribution in [0, 0.1) is 0 Å². The van der Waals surface area contributed by atoms with Crippen LogP contribution in [0.3, 0.4) is 0 Å². The van der Waals surface area contributed by atoms with Gasteiger partial charge in [0.25, 0.3) is 10.1 Å². The Balaban J connectivity index is 1.62. The first kappa shape index (κ1) is 26.3. The van der Waals surface area contributed by atoms with Gasteiger partial charge in [-0.2, -0.15) is 8.42 Å². The zero-order valence-electron chi connectivity index (χ0n) is 20.8. The maximum atomic E-state index is 10.9. The number of nitrogens with zero attached hydrogens (tertiary/aromatic N) is 3. The van der Waals surface area contributed by atoms with Crippen LogP contribution < -0.4 is 25.3 Å². The first-order valence-corrected chi connectivity index (χ1v) is 13.2. The molecular formula is C25H29N5O6S. The summed E-state index contributed by atoms with van der Waals surface area (Å²) in [5.41, 5.74) is 8.37. The maximum Gasteiger partial charge on any atom is 0.266 e. The third-order valence-corrected chi connectivity index (χ3v) is 6.68. The number of anilines is 1. The number of ether oxygens (including phenoxy) is 3. The van der Waals surface area contributed by atoms with Crippen molar-refractivity contribution in [3.8, 4) is 28.5 Å². The predicted molar refractivity (Wildman–Crippen MR) is 142 cm³/mol. The summed E-state index contributed by atoms with van der Waals surface area (Å²) < 4.78 is 47.6.